The van der Waals surface area contributed by atoms with Crippen LogP contribution >= 0.6 is 0 Å². The highest BCUT2D eigenvalue weighted by Gasteiger charge is 2.27. The van der Waals surface area contributed by atoms with E-state index in [0.29, 0.717) is 5.56 Å². The SMILES string of the molecule is CC(C)CN(CC(O)C(=O)OCc1ccccc1)C(=O)NC(CC(=O)O)c1ccc2ccccc2c1. The second-order valence-corrected chi connectivity index (χ2v) is 9.11. The molecule has 0 aromatic heterocycles. The van der Waals surface area contributed by atoms with E-state index in [0.717, 1.165) is 16.3 Å². The molecule has 2 unspecified atom stereocenters. The van der Waals surface area contributed by atoms with Crippen LogP contribution in [-0.4, -0.2) is 52.3 Å². The lowest BCUT2D eigenvalue weighted by Crippen LogP contribution is -2.48. The first-order chi connectivity index (χ1) is 17.2. The van der Waals surface area contributed by atoms with Gasteiger partial charge in [-0.05, 0) is 33.9 Å². The van der Waals surface area contributed by atoms with E-state index in [1.165, 1.54) is 4.90 Å². The Bertz CT molecular complexity index is 1180. The van der Waals surface area contributed by atoms with E-state index in [2.05, 4.69) is 5.32 Å². The number of aliphatic hydroxyl groups excluding tert-OH is 1. The predicted octanol–water partition coefficient (Wildman–Crippen LogP) is 4.13. The van der Waals surface area contributed by atoms with Gasteiger partial charge in [-0.1, -0.05) is 80.6 Å². The van der Waals surface area contributed by atoms with Crippen molar-refractivity contribution in [3.05, 3.63) is 83.9 Å². The van der Waals surface area contributed by atoms with Crippen LogP contribution in [-0.2, 0) is 20.9 Å². The van der Waals surface area contributed by atoms with Crippen molar-refractivity contribution in [3.63, 3.8) is 0 Å². The molecule has 190 valence electrons. The molecule has 3 N–H and O–H groups in total. The van der Waals surface area contributed by atoms with Crippen LogP contribution in [0.1, 0.15) is 37.4 Å². The summed E-state index contributed by atoms with van der Waals surface area (Å²) in [6, 6.07) is 20.9. The highest BCUT2D eigenvalue weighted by atomic mass is 16.5. The number of rotatable bonds is 11. The van der Waals surface area contributed by atoms with Crippen LogP contribution in [0.25, 0.3) is 10.8 Å². The first-order valence-electron chi connectivity index (χ1n) is 11.9. The molecule has 3 aromatic rings. The molecule has 0 spiro atoms. The Kier molecular flexibility index (Phi) is 9.41. The smallest absolute Gasteiger partial charge is 0.337 e. The molecule has 36 heavy (non-hydrogen) atoms. The van der Waals surface area contributed by atoms with Gasteiger partial charge in [-0.2, -0.15) is 0 Å². The first-order valence-corrected chi connectivity index (χ1v) is 11.9. The number of carboxylic acid groups (broad SMARTS) is 1. The van der Waals surface area contributed by atoms with Gasteiger partial charge in [0.25, 0.3) is 0 Å². The first kappa shape index (κ1) is 26.7. The summed E-state index contributed by atoms with van der Waals surface area (Å²) in [4.78, 5) is 38.4. The van der Waals surface area contributed by atoms with Crippen molar-refractivity contribution in [3.8, 4) is 0 Å². The number of amides is 2. The maximum Gasteiger partial charge on any atom is 0.337 e. The average molecular weight is 493 g/mol. The molecule has 3 rings (SSSR count). The van der Waals surface area contributed by atoms with E-state index >= 15 is 0 Å². The van der Waals surface area contributed by atoms with Crippen molar-refractivity contribution in [1.82, 2.24) is 10.2 Å². The van der Waals surface area contributed by atoms with E-state index in [9.17, 15) is 24.6 Å². The molecule has 8 nitrogen and oxygen atoms in total. The number of carboxylic acids is 1. The summed E-state index contributed by atoms with van der Waals surface area (Å²) in [7, 11) is 0. The van der Waals surface area contributed by atoms with Crippen molar-refractivity contribution >= 4 is 28.7 Å². The third-order valence-electron chi connectivity index (χ3n) is 5.61. The van der Waals surface area contributed by atoms with Crippen molar-refractivity contribution in [1.29, 1.82) is 0 Å². The summed E-state index contributed by atoms with van der Waals surface area (Å²) < 4.78 is 5.19. The Morgan fingerprint density at radius 1 is 0.917 bits per heavy atom. The molecule has 0 saturated heterocycles. The van der Waals surface area contributed by atoms with E-state index in [4.69, 9.17) is 4.74 Å². The number of hydrogen-bond acceptors (Lipinski definition) is 5. The standard InChI is InChI=1S/C28H32N2O6/c1-19(2)16-30(17-25(31)27(34)36-18-20-8-4-3-5-9-20)28(35)29-24(15-26(32)33)23-13-12-21-10-6-7-11-22(21)14-23/h3-14,19,24-25,31H,15-18H2,1-2H3,(H,29,35)(H,32,33). The molecule has 8 heteroatoms. The van der Waals surface area contributed by atoms with Crippen LogP contribution in [0, 0.1) is 5.92 Å². The van der Waals surface area contributed by atoms with Crippen LogP contribution < -0.4 is 5.32 Å². The molecule has 0 heterocycles. The third-order valence-corrected chi connectivity index (χ3v) is 5.61. The summed E-state index contributed by atoms with van der Waals surface area (Å²) in [5, 5.41) is 24.6. The number of esters is 1. The molecule has 3 aromatic carbocycles. The molecular weight excluding hydrogens is 460 g/mol. The summed E-state index contributed by atoms with van der Waals surface area (Å²) in [6.45, 7) is 3.79. The third kappa shape index (κ3) is 7.81. The Morgan fingerprint density at radius 2 is 1.58 bits per heavy atom. The fraction of sp³-hybridized carbons (Fsp3) is 0.321. The van der Waals surface area contributed by atoms with Gasteiger partial charge in [-0.25, -0.2) is 9.59 Å². The summed E-state index contributed by atoms with van der Waals surface area (Å²) in [5.74, 6) is -1.85. The average Bonchev–Trinajstić information content (AvgIpc) is 2.86. The second kappa shape index (κ2) is 12.7. The minimum atomic E-state index is -1.54. The predicted molar refractivity (Wildman–Crippen MR) is 136 cm³/mol. The fourth-order valence-electron chi connectivity index (χ4n) is 3.88. The molecule has 2 atom stereocenters. The Labute approximate surface area is 210 Å². The van der Waals surface area contributed by atoms with Gasteiger partial charge in [0.1, 0.15) is 6.61 Å². The second-order valence-electron chi connectivity index (χ2n) is 9.11. The van der Waals surface area contributed by atoms with Crippen LogP contribution in [0.4, 0.5) is 4.79 Å². The topological polar surface area (TPSA) is 116 Å². The van der Waals surface area contributed by atoms with Crippen molar-refractivity contribution in [2.75, 3.05) is 13.1 Å². The zero-order valence-electron chi connectivity index (χ0n) is 20.5. The van der Waals surface area contributed by atoms with E-state index in [1.54, 1.807) is 18.2 Å². The molecule has 0 fully saturated rings. The number of ether oxygens (including phenoxy) is 1. The van der Waals surface area contributed by atoms with E-state index in [-0.39, 0.29) is 32.0 Å². The maximum atomic E-state index is 13.2. The van der Waals surface area contributed by atoms with Crippen molar-refractivity contribution < 1.29 is 29.3 Å². The molecule has 0 aliphatic heterocycles. The van der Waals surface area contributed by atoms with Crippen molar-refractivity contribution in [2.24, 2.45) is 5.92 Å². The van der Waals surface area contributed by atoms with Gasteiger partial charge < -0.3 is 25.2 Å². The summed E-state index contributed by atoms with van der Waals surface area (Å²) >= 11 is 0. The Hall–Kier alpha value is -3.91. The number of hydrogen-bond donors (Lipinski definition) is 3. The van der Waals surface area contributed by atoms with Gasteiger partial charge in [0.05, 0.1) is 19.0 Å². The summed E-state index contributed by atoms with van der Waals surface area (Å²) in [5.41, 5.74) is 1.43. The molecular formula is C28H32N2O6. The number of fused-ring (bicyclic) bond motifs is 1. The van der Waals surface area contributed by atoms with Crippen molar-refractivity contribution in [2.45, 2.75) is 39.0 Å². The van der Waals surface area contributed by atoms with E-state index < -0.39 is 30.1 Å². The molecule has 0 saturated carbocycles. The number of benzene rings is 3. The Balaban J connectivity index is 1.71. The van der Waals surface area contributed by atoms with Crippen LogP contribution in [0.3, 0.4) is 0 Å². The highest BCUT2D eigenvalue weighted by Crippen LogP contribution is 2.23. The highest BCUT2D eigenvalue weighted by molar-refractivity contribution is 5.84. The number of aliphatic carboxylic acids is 1. The molecule has 0 bridgehead atoms. The minimum Gasteiger partial charge on any atom is -0.481 e. The number of aliphatic hydroxyl groups is 1. The number of nitrogens with one attached hydrogen (secondary N) is 1. The molecule has 0 aliphatic carbocycles. The lowest BCUT2D eigenvalue weighted by molar-refractivity contribution is -0.155. The van der Waals surface area contributed by atoms with Gasteiger partial charge in [0, 0.05) is 6.54 Å². The maximum absolute atomic E-state index is 13.2. The van der Waals surface area contributed by atoms with Crippen LogP contribution in [0.5, 0.6) is 0 Å². The molecule has 0 aliphatic rings. The molecule has 2 amide bonds. The van der Waals surface area contributed by atoms with Crippen LogP contribution in [0.2, 0.25) is 0 Å². The minimum absolute atomic E-state index is 0.00968. The van der Waals surface area contributed by atoms with Gasteiger partial charge in [0.15, 0.2) is 6.10 Å². The largest absolute Gasteiger partial charge is 0.481 e. The van der Waals surface area contributed by atoms with Gasteiger partial charge in [-0.15, -0.1) is 0 Å². The summed E-state index contributed by atoms with van der Waals surface area (Å²) in [6.07, 6.45) is -1.86. The fourth-order valence-corrected chi connectivity index (χ4v) is 3.88. The number of carbonyl (C=O) groups is 3. The quantitative estimate of drug-likeness (QED) is 0.347. The molecule has 0 radical (unpaired) electrons. The van der Waals surface area contributed by atoms with Crippen LogP contribution in [0.15, 0.2) is 72.8 Å². The van der Waals surface area contributed by atoms with Gasteiger partial charge >= 0.3 is 18.0 Å². The zero-order valence-corrected chi connectivity index (χ0v) is 20.5. The lowest BCUT2D eigenvalue weighted by Gasteiger charge is -2.29. The van der Waals surface area contributed by atoms with E-state index in [1.807, 2.05) is 68.4 Å². The monoisotopic (exact) mass is 492 g/mol. The van der Waals surface area contributed by atoms with Gasteiger partial charge in [-0.3, -0.25) is 4.79 Å². The number of carbonyl (C=O) groups excluding carboxylic acids is 2. The Morgan fingerprint density at radius 3 is 2.25 bits per heavy atom. The zero-order chi connectivity index (χ0) is 26.1. The number of nitrogens with zero attached hydrogens (tertiary/aromatic N) is 1. The van der Waals surface area contributed by atoms with Gasteiger partial charge in [0.2, 0.25) is 0 Å². The number of urea groups is 1. The normalized spacial score (nSPS) is 12.7. The lowest BCUT2D eigenvalue weighted by atomic mass is 10.00.